The largest absolute Gasteiger partial charge is 0.487 e. The molecule has 3 rings (SSSR count). The predicted molar refractivity (Wildman–Crippen MR) is 117 cm³/mol. The van der Waals surface area contributed by atoms with Gasteiger partial charge in [0, 0.05) is 21.3 Å². The van der Waals surface area contributed by atoms with Crippen LogP contribution < -0.4 is 15.2 Å². The first kappa shape index (κ1) is 22.1. The number of ether oxygens (including phenoxy) is 1. The Labute approximate surface area is 184 Å². The highest BCUT2D eigenvalue weighted by atomic mass is 35.5. The second-order valence-electron chi connectivity index (χ2n) is 6.40. The van der Waals surface area contributed by atoms with Crippen LogP contribution >= 0.6 is 23.2 Å². The molecule has 3 N–H and O–H groups in total. The first-order chi connectivity index (χ1) is 14.2. The number of amides is 1. The van der Waals surface area contributed by atoms with Crippen LogP contribution in [0.25, 0.3) is 0 Å². The molecule has 0 heterocycles. The summed E-state index contributed by atoms with van der Waals surface area (Å²) >= 11 is 12.2. The number of benzene rings is 3. The predicted octanol–water partition coefficient (Wildman–Crippen LogP) is 4.40. The lowest BCUT2D eigenvalue weighted by molar-refractivity contribution is -0.115. The van der Waals surface area contributed by atoms with Gasteiger partial charge in [-0.3, -0.25) is 4.79 Å². The van der Waals surface area contributed by atoms with Gasteiger partial charge >= 0.3 is 0 Å². The Hall–Kier alpha value is -2.58. The maximum atomic E-state index is 12.3. The molecule has 1 amide bonds. The number of nitrogens with one attached hydrogen (secondary N) is 1. The Kier molecular flexibility index (Phi) is 6.99. The van der Waals surface area contributed by atoms with Crippen LogP contribution in [-0.2, 0) is 27.8 Å². The minimum absolute atomic E-state index is 0.0368. The molecule has 0 aliphatic heterocycles. The molecular formula is C21H18Cl2N2O4S. The number of rotatable bonds is 7. The summed E-state index contributed by atoms with van der Waals surface area (Å²) in [6.07, 6.45) is 0.0368. The van der Waals surface area contributed by atoms with Crippen LogP contribution in [0, 0.1) is 0 Å². The van der Waals surface area contributed by atoms with Crippen molar-refractivity contribution in [2.24, 2.45) is 5.14 Å². The standard InChI is InChI=1S/C21H18Cl2N2O4S/c22-17-7-3-1-5-14(17)11-21(26)25-16-9-10-19(20(12-16)30(24,27)28)29-13-15-6-2-4-8-18(15)23/h1-10,12H,11,13H2,(H,25,26)(H2,24,27,28). The van der Waals surface area contributed by atoms with Crippen molar-refractivity contribution in [2.45, 2.75) is 17.9 Å². The molecule has 0 saturated carbocycles. The summed E-state index contributed by atoms with van der Waals surface area (Å²) in [5.41, 5.74) is 1.61. The Morgan fingerprint density at radius 1 is 0.933 bits per heavy atom. The van der Waals surface area contributed by atoms with E-state index in [0.717, 1.165) is 0 Å². The van der Waals surface area contributed by atoms with Gasteiger partial charge in [-0.1, -0.05) is 59.6 Å². The van der Waals surface area contributed by atoms with E-state index < -0.39 is 10.0 Å². The van der Waals surface area contributed by atoms with Gasteiger partial charge < -0.3 is 10.1 Å². The third-order valence-corrected chi connectivity index (χ3v) is 5.85. The van der Waals surface area contributed by atoms with E-state index >= 15 is 0 Å². The van der Waals surface area contributed by atoms with Crippen molar-refractivity contribution in [3.05, 3.63) is 87.9 Å². The molecule has 6 nitrogen and oxygen atoms in total. The van der Waals surface area contributed by atoms with Crippen molar-refractivity contribution in [1.82, 2.24) is 0 Å². The molecule has 0 unspecified atom stereocenters. The van der Waals surface area contributed by atoms with Crippen molar-refractivity contribution in [1.29, 1.82) is 0 Å². The third-order valence-electron chi connectivity index (χ3n) is 4.18. The van der Waals surface area contributed by atoms with Gasteiger partial charge in [-0.2, -0.15) is 0 Å². The molecule has 3 aromatic rings. The van der Waals surface area contributed by atoms with E-state index in [2.05, 4.69) is 5.32 Å². The number of hydrogen-bond acceptors (Lipinski definition) is 4. The number of halogens is 2. The highest BCUT2D eigenvalue weighted by Crippen LogP contribution is 2.28. The maximum absolute atomic E-state index is 12.3. The smallest absolute Gasteiger partial charge is 0.241 e. The molecular weight excluding hydrogens is 447 g/mol. The van der Waals surface area contributed by atoms with Gasteiger partial charge in [-0.15, -0.1) is 0 Å². The third kappa shape index (κ3) is 5.73. The monoisotopic (exact) mass is 464 g/mol. The number of anilines is 1. The van der Waals surface area contributed by atoms with Gasteiger partial charge in [0.25, 0.3) is 0 Å². The van der Waals surface area contributed by atoms with Crippen molar-refractivity contribution in [3.63, 3.8) is 0 Å². The van der Waals surface area contributed by atoms with Crippen LogP contribution in [0.5, 0.6) is 5.75 Å². The summed E-state index contributed by atoms with van der Waals surface area (Å²) in [6, 6.07) is 18.2. The molecule has 9 heteroatoms. The molecule has 3 aromatic carbocycles. The highest BCUT2D eigenvalue weighted by Gasteiger charge is 2.18. The second-order valence-corrected chi connectivity index (χ2v) is 8.75. The molecule has 0 bridgehead atoms. The zero-order valence-corrected chi connectivity index (χ0v) is 18.0. The first-order valence-corrected chi connectivity index (χ1v) is 11.1. The van der Waals surface area contributed by atoms with Gasteiger partial charge in [-0.25, -0.2) is 13.6 Å². The molecule has 156 valence electrons. The van der Waals surface area contributed by atoms with E-state index in [1.165, 1.54) is 18.2 Å². The number of sulfonamides is 1. The van der Waals surface area contributed by atoms with Crippen LogP contribution in [0.3, 0.4) is 0 Å². The number of hydrogen-bond donors (Lipinski definition) is 2. The average molecular weight is 465 g/mol. The normalized spacial score (nSPS) is 11.2. The van der Waals surface area contributed by atoms with E-state index in [0.29, 0.717) is 21.2 Å². The lowest BCUT2D eigenvalue weighted by Crippen LogP contribution is -2.17. The quantitative estimate of drug-likeness (QED) is 0.540. The molecule has 0 aliphatic carbocycles. The zero-order chi connectivity index (χ0) is 21.7. The lowest BCUT2D eigenvalue weighted by Gasteiger charge is -2.13. The molecule has 0 aromatic heterocycles. The van der Waals surface area contributed by atoms with Crippen LogP contribution in [0.2, 0.25) is 10.0 Å². The Morgan fingerprint density at radius 3 is 2.13 bits per heavy atom. The van der Waals surface area contributed by atoms with Gasteiger partial charge in [0.1, 0.15) is 17.3 Å². The summed E-state index contributed by atoms with van der Waals surface area (Å²) in [5.74, 6) is -0.297. The molecule has 30 heavy (non-hydrogen) atoms. The molecule has 0 spiro atoms. The van der Waals surface area contributed by atoms with Crippen molar-refractivity contribution < 1.29 is 17.9 Å². The zero-order valence-electron chi connectivity index (χ0n) is 15.6. The van der Waals surface area contributed by atoms with E-state index in [1.54, 1.807) is 48.5 Å². The Morgan fingerprint density at radius 2 is 1.53 bits per heavy atom. The van der Waals surface area contributed by atoms with Crippen molar-refractivity contribution in [3.8, 4) is 5.75 Å². The number of nitrogens with two attached hydrogens (primary N) is 1. The van der Waals surface area contributed by atoms with Crippen LogP contribution in [0.1, 0.15) is 11.1 Å². The summed E-state index contributed by atoms with van der Waals surface area (Å²) in [4.78, 5) is 12.1. The molecule has 0 saturated heterocycles. The lowest BCUT2D eigenvalue weighted by atomic mass is 10.1. The topological polar surface area (TPSA) is 98.5 Å². The Balaban J connectivity index is 1.78. The molecule has 0 fully saturated rings. The van der Waals surface area contributed by atoms with Gasteiger partial charge in [0.15, 0.2) is 0 Å². The number of carbonyl (C=O) groups excluding carboxylic acids is 1. The van der Waals surface area contributed by atoms with E-state index in [-0.39, 0.29) is 35.3 Å². The number of primary sulfonamides is 1. The van der Waals surface area contributed by atoms with E-state index in [9.17, 15) is 13.2 Å². The fourth-order valence-corrected chi connectivity index (χ4v) is 3.81. The highest BCUT2D eigenvalue weighted by molar-refractivity contribution is 7.89. The summed E-state index contributed by atoms with van der Waals surface area (Å²) in [5, 5.41) is 8.95. The fraction of sp³-hybridized carbons (Fsp3) is 0.0952. The maximum Gasteiger partial charge on any atom is 0.241 e. The second kappa shape index (κ2) is 9.49. The van der Waals surface area contributed by atoms with Crippen molar-refractivity contribution >= 4 is 44.8 Å². The minimum Gasteiger partial charge on any atom is -0.487 e. The van der Waals surface area contributed by atoms with Crippen LogP contribution in [-0.4, -0.2) is 14.3 Å². The summed E-state index contributed by atoms with van der Waals surface area (Å²) < 4.78 is 29.7. The minimum atomic E-state index is -4.10. The van der Waals surface area contributed by atoms with Crippen LogP contribution in [0.4, 0.5) is 5.69 Å². The van der Waals surface area contributed by atoms with Gasteiger partial charge in [0.05, 0.1) is 6.42 Å². The Bertz CT molecular complexity index is 1180. The number of carbonyl (C=O) groups is 1. The van der Waals surface area contributed by atoms with Gasteiger partial charge in [-0.05, 0) is 35.9 Å². The van der Waals surface area contributed by atoms with E-state index in [1.807, 2.05) is 0 Å². The average Bonchev–Trinajstić information content (AvgIpc) is 2.69. The first-order valence-electron chi connectivity index (χ1n) is 8.80. The summed E-state index contributed by atoms with van der Waals surface area (Å²) in [6.45, 7) is 0.0560. The van der Waals surface area contributed by atoms with Gasteiger partial charge in [0.2, 0.25) is 15.9 Å². The molecule has 0 radical (unpaired) electrons. The van der Waals surface area contributed by atoms with Crippen molar-refractivity contribution in [2.75, 3.05) is 5.32 Å². The van der Waals surface area contributed by atoms with E-state index in [4.69, 9.17) is 33.1 Å². The fourth-order valence-electron chi connectivity index (χ4n) is 2.72. The SMILES string of the molecule is NS(=O)(=O)c1cc(NC(=O)Cc2ccccc2Cl)ccc1OCc1ccccc1Cl. The molecule has 0 aliphatic rings. The van der Waals surface area contributed by atoms with Crippen LogP contribution in [0.15, 0.2) is 71.6 Å². The summed E-state index contributed by atoms with van der Waals surface area (Å²) in [7, 11) is -4.10. The molecule has 0 atom stereocenters.